The van der Waals surface area contributed by atoms with Gasteiger partial charge in [0.15, 0.2) is 4.77 Å². The molecule has 0 aliphatic carbocycles. The summed E-state index contributed by atoms with van der Waals surface area (Å²) in [4.78, 5) is 0. The number of rotatable bonds is 6. The SMILES string of the molecule is Cc1n[nH]c(=S)n1CCCOCC(C)C. The molecular formula is C10H19N3OS. The lowest BCUT2D eigenvalue weighted by Gasteiger charge is -2.07. The summed E-state index contributed by atoms with van der Waals surface area (Å²) in [6.07, 6.45) is 0.974. The van der Waals surface area contributed by atoms with E-state index >= 15 is 0 Å². The van der Waals surface area contributed by atoms with E-state index in [0.29, 0.717) is 10.7 Å². The quantitative estimate of drug-likeness (QED) is 0.601. The van der Waals surface area contributed by atoms with Gasteiger partial charge < -0.3 is 9.30 Å². The maximum atomic E-state index is 5.50. The van der Waals surface area contributed by atoms with Crippen molar-refractivity contribution in [2.24, 2.45) is 5.92 Å². The highest BCUT2D eigenvalue weighted by Crippen LogP contribution is 1.99. The maximum absolute atomic E-state index is 5.50. The first-order chi connectivity index (χ1) is 7.11. The second-order valence-corrected chi connectivity index (χ2v) is 4.44. The van der Waals surface area contributed by atoms with E-state index in [1.165, 1.54) is 0 Å². The van der Waals surface area contributed by atoms with Gasteiger partial charge in [-0.1, -0.05) is 13.8 Å². The highest BCUT2D eigenvalue weighted by atomic mass is 32.1. The zero-order valence-electron chi connectivity index (χ0n) is 9.62. The Hall–Kier alpha value is -0.680. The molecule has 86 valence electrons. The molecule has 0 spiro atoms. The Morgan fingerprint density at radius 2 is 2.27 bits per heavy atom. The molecule has 0 aromatic carbocycles. The van der Waals surface area contributed by atoms with Gasteiger partial charge in [-0.25, -0.2) is 0 Å². The third-order valence-electron chi connectivity index (χ3n) is 2.07. The minimum atomic E-state index is 0.600. The molecule has 5 heteroatoms. The molecule has 0 aliphatic heterocycles. The molecule has 15 heavy (non-hydrogen) atoms. The van der Waals surface area contributed by atoms with Crippen LogP contribution in [0.1, 0.15) is 26.1 Å². The van der Waals surface area contributed by atoms with Crippen molar-refractivity contribution in [2.45, 2.75) is 33.7 Å². The third kappa shape index (κ3) is 4.13. The summed E-state index contributed by atoms with van der Waals surface area (Å²) < 4.78 is 8.18. The number of nitrogens with one attached hydrogen (secondary N) is 1. The smallest absolute Gasteiger partial charge is 0.195 e. The number of aryl methyl sites for hydroxylation is 1. The number of aromatic nitrogens is 3. The minimum absolute atomic E-state index is 0.600. The van der Waals surface area contributed by atoms with Crippen molar-refractivity contribution in [3.05, 3.63) is 10.6 Å². The Bertz CT molecular complexity index is 343. The minimum Gasteiger partial charge on any atom is -0.381 e. The van der Waals surface area contributed by atoms with Gasteiger partial charge in [-0.05, 0) is 31.5 Å². The van der Waals surface area contributed by atoms with Crippen LogP contribution in [0.15, 0.2) is 0 Å². The average molecular weight is 229 g/mol. The highest BCUT2D eigenvalue weighted by Gasteiger charge is 2.00. The van der Waals surface area contributed by atoms with Crippen molar-refractivity contribution in [3.63, 3.8) is 0 Å². The largest absolute Gasteiger partial charge is 0.381 e. The summed E-state index contributed by atoms with van der Waals surface area (Å²) >= 11 is 5.10. The normalized spacial score (nSPS) is 11.2. The molecule has 0 fully saturated rings. The summed E-state index contributed by atoms with van der Waals surface area (Å²) in [5.74, 6) is 1.53. The molecular weight excluding hydrogens is 210 g/mol. The van der Waals surface area contributed by atoms with Crippen molar-refractivity contribution >= 4 is 12.2 Å². The number of hydrogen-bond donors (Lipinski definition) is 1. The number of hydrogen-bond acceptors (Lipinski definition) is 3. The molecule has 1 rings (SSSR count). The molecule has 0 bridgehead atoms. The fourth-order valence-corrected chi connectivity index (χ4v) is 1.57. The first kappa shape index (κ1) is 12.4. The molecule has 0 aliphatic rings. The maximum Gasteiger partial charge on any atom is 0.195 e. The van der Waals surface area contributed by atoms with Gasteiger partial charge in [-0.3, -0.25) is 5.10 Å². The molecule has 0 amide bonds. The molecule has 0 saturated heterocycles. The molecule has 0 unspecified atom stereocenters. The van der Waals surface area contributed by atoms with E-state index < -0.39 is 0 Å². The summed E-state index contributed by atoms with van der Waals surface area (Å²) in [5.41, 5.74) is 0. The van der Waals surface area contributed by atoms with E-state index in [9.17, 15) is 0 Å². The summed E-state index contributed by atoms with van der Waals surface area (Å²) in [5, 5.41) is 6.82. The number of H-pyrrole nitrogens is 1. The topological polar surface area (TPSA) is 42.8 Å². The van der Waals surface area contributed by atoms with E-state index in [1.54, 1.807) is 0 Å². The Morgan fingerprint density at radius 3 is 2.80 bits per heavy atom. The Kier molecular flexibility index (Phi) is 4.98. The van der Waals surface area contributed by atoms with Gasteiger partial charge in [0.2, 0.25) is 0 Å². The van der Waals surface area contributed by atoms with E-state index in [0.717, 1.165) is 32.0 Å². The molecule has 0 atom stereocenters. The van der Waals surface area contributed by atoms with Crippen LogP contribution in [0.2, 0.25) is 0 Å². The third-order valence-corrected chi connectivity index (χ3v) is 2.38. The molecule has 0 saturated carbocycles. The Morgan fingerprint density at radius 1 is 1.53 bits per heavy atom. The molecule has 1 aromatic rings. The van der Waals surface area contributed by atoms with Gasteiger partial charge in [0, 0.05) is 19.8 Å². The van der Waals surface area contributed by atoms with Crippen LogP contribution in [0.4, 0.5) is 0 Å². The van der Waals surface area contributed by atoms with Crippen molar-refractivity contribution in [3.8, 4) is 0 Å². The number of aromatic amines is 1. The van der Waals surface area contributed by atoms with Gasteiger partial charge in [0.25, 0.3) is 0 Å². The van der Waals surface area contributed by atoms with Gasteiger partial charge in [0.05, 0.1) is 0 Å². The lowest BCUT2D eigenvalue weighted by Crippen LogP contribution is -2.07. The first-order valence-corrected chi connectivity index (χ1v) is 5.71. The lowest BCUT2D eigenvalue weighted by atomic mass is 10.2. The van der Waals surface area contributed by atoms with E-state index in [2.05, 4.69) is 24.0 Å². The van der Waals surface area contributed by atoms with Gasteiger partial charge >= 0.3 is 0 Å². The Balaban J connectivity index is 2.23. The van der Waals surface area contributed by atoms with Crippen LogP contribution in [-0.2, 0) is 11.3 Å². The average Bonchev–Trinajstić information content (AvgIpc) is 2.47. The fourth-order valence-electron chi connectivity index (χ4n) is 1.30. The van der Waals surface area contributed by atoms with Crippen LogP contribution in [0, 0.1) is 17.6 Å². The monoisotopic (exact) mass is 229 g/mol. The molecule has 4 nitrogen and oxygen atoms in total. The van der Waals surface area contributed by atoms with Crippen LogP contribution in [0.3, 0.4) is 0 Å². The van der Waals surface area contributed by atoms with Crippen molar-refractivity contribution in [1.29, 1.82) is 0 Å². The number of nitrogens with zero attached hydrogens (tertiary/aromatic N) is 2. The predicted octanol–water partition coefficient (Wildman–Crippen LogP) is 2.31. The van der Waals surface area contributed by atoms with Crippen LogP contribution in [0.25, 0.3) is 0 Å². The zero-order chi connectivity index (χ0) is 11.3. The van der Waals surface area contributed by atoms with Gasteiger partial charge in [0.1, 0.15) is 5.82 Å². The number of ether oxygens (including phenoxy) is 1. The predicted molar refractivity (Wildman–Crippen MR) is 62.4 cm³/mol. The van der Waals surface area contributed by atoms with E-state index in [1.807, 2.05) is 11.5 Å². The molecule has 1 aromatic heterocycles. The second-order valence-electron chi connectivity index (χ2n) is 4.05. The van der Waals surface area contributed by atoms with Gasteiger partial charge in [-0.15, -0.1) is 0 Å². The van der Waals surface area contributed by atoms with E-state index in [-0.39, 0.29) is 0 Å². The van der Waals surface area contributed by atoms with Crippen molar-refractivity contribution in [1.82, 2.24) is 14.8 Å². The molecule has 0 radical (unpaired) electrons. The van der Waals surface area contributed by atoms with Gasteiger partial charge in [-0.2, -0.15) is 5.10 Å². The van der Waals surface area contributed by atoms with Crippen LogP contribution in [-0.4, -0.2) is 28.0 Å². The van der Waals surface area contributed by atoms with Crippen LogP contribution in [0.5, 0.6) is 0 Å². The standard InChI is InChI=1S/C10H19N3OS/c1-8(2)7-14-6-4-5-13-9(3)11-12-10(13)15/h8H,4-7H2,1-3H3,(H,12,15). The summed E-state index contributed by atoms with van der Waals surface area (Å²) in [7, 11) is 0. The second kappa shape index (κ2) is 6.02. The molecule has 1 heterocycles. The van der Waals surface area contributed by atoms with E-state index in [4.69, 9.17) is 17.0 Å². The van der Waals surface area contributed by atoms with Crippen LogP contribution < -0.4 is 0 Å². The van der Waals surface area contributed by atoms with Crippen LogP contribution >= 0.6 is 12.2 Å². The summed E-state index contributed by atoms with van der Waals surface area (Å²) in [6.45, 7) is 8.73. The fraction of sp³-hybridized carbons (Fsp3) is 0.800. The zero-order valence-corrected chi connectivity index (χ0v) is 10.4. The lowest BCUT2D eigenvalue weighted by molar-refractivity contribution is 0.105. The van der Waals surface area contributed by atoms with Crippen molar-refractivity contribution < 1.29 is 4.74 Å². The first-order valence-electron chi connectivity index (χ1n) is 5.31. The van der Waals surface area contributed by atoms with Crippen molar-refractivity contribution in [2.75, 3.05) is 13.2 Å². The summed E-state index contributed by atoms with van der Waals surface area (Å²) in [6, 6.07) is 0. The Labute approximate surface area is 95.7 Å². The molecule has 1 N–H and O–H groups in total. The highest BCUT2D eigenvalue weighted by molar-refractivity contribution is 7.71.